The molecule has 6 N–H and O–H groups in total. The molecule has 16 nitrogen and oxygen atoms in total. The van der Waals surface area contributed by atoms with Crippen LogP contribution in [0, 0.1) is 13.8 Å². The van der Waals surface area contributed by atoms with Gasteiger partial charge in [0.25, 0.3) is 11.8 Å². The van der Waals surface area contributed by atoms with E-state index in [9.17, 15) is 24.3 Å². The van der Waals surface area contributed by atoms with Gasteiger partial charge in [0, 0.05) is 31.7 Å². The van der Waals surface area contributed by atoms with Crippen LogP contribution in [-0.2, 0) is 19.6 Å². The number of carbonyl (C=O) groups excluding carboxylic acids is 3. The summed E-state index contributed by atoms with van der Waals surface area (Å²) in [4.78, 5) is 57.0. The molecule has 260 valence electrons. The predicted octanol–water partition coefficient (Wildman–Crippen LogP) is 3.56. The van der Waals surface area contributed by atoms with Gasteiger partial charge in [-0.2, -0.15) is 10.2 Å². The van der Waals surface area contributed by atoms with Crippen molar-refractivity contribution in [2.45, 2.75) is 66.5 Å². The monoisotopic (exact) mass is 681 g/mol. The van der Waals surface area contributed by atoms with Crippen molar-refractivity contribution in [3.8, 4) is 0 Å². The Morgan fingerprint density at radius 2 is 1.50 bits per heavy atom. The van der Waals surface area contributed by atoms with Crippen LogP contribution in [0.4, 0.5) is 17.3 Å². The number of aryl methyl sites for hydroxylation is 5. The third kappa shape index (κ3) is 6.59. The van der Waals surface area contributed by atoms with Crippen LogP contribution in [0.15, 0.2) is 48.5 Å². The number of hydrogen-bond acceptors (Lipinski definition) is 9. The molecule has 0 saturated heterocycles. The van der Waals surface area contributed by atoms with Gasteiger partial charge in [0.2, 0.25) is 11.9 Å². The van der Waals surface area contributed by atoms with E-state index in [1.807, 2.05) is 37.2 Å². The van der Waals surface area contributed by atoms with Gasteiger partial charge in [-0.25, -0.2) is 9.78 Å². The van der Waals surface area contributed by atoms with Crippen LogP contribution in [0.2, 0.25) is 0 Å². The topological polar surface area (TPSA) is 207 Å². The van der Waals surface area contributed by atoms with E-state index in [1.54, 1.807) is 51.8 Å². The van der Waals surface area contributed by atoms with Gasteiger partial charge in [-0.3, -0.25) is 29.1 Å². The third-order valence-corrected chi connectivity index (χ3v) is 8.58. The summed E-state index contributed by atoms with van der Waals surface area (Å²) in [5.41, 5.74) is 10.8. The standard InChI is InChI=1S/C34H39N11O5/c1-5-44-27(15-19(3)40-44)30(47)38-33-36-23-17-21(29(35)46)9-11-25(23)42(33)13-7-8-14-43-26-12-10-22(32(49)50)18-24(26)37-34(43)39-31(48)28-16-20(4)41-45(28)6-2/h9-12,15-18,34,37H,5-8,13-14H2,1-4H3,(H2,35,46)(H,39,48)(H,49,50)(H,36,38,47). The molecule has 0 fully saturated rings. The summed E-state index contributed by atoms with van der Waals surface area (Å²) in [6.45, 7) is 9.46. The molecule has 1 aliphatic heterocycles. The van der Waals surface area contributed by atoms with E-state index >= 15 is 0 Å². The summed E-state index contributed by atoms with van der Waals surface area (Å²) in [6.07, 6.45) is 0.637. The molecule has 3 aromatic heterocycles. The zero-order valence-electron chi connectivity index (χ0n) is 28.2. The number of imidazole rings is 1. The Hall–Kier alpha value is -6.19. The highest BCUT2D eigenvalue weighted by molar-refractivity contribution is 6.03. The van der Waals surface area contributed by atoms with Crippen LogP contribution in [0.1, 0.15) is 79.8 Å². The highest BCUT2D eigenvalue weighted by Gasteiger charge is 2.31. The normalized spacial score (nSPS) is 13.7. The molecule has 0 aliphatic carbocycles. The number of nitrogens with zero attached hydrogens (tertiary/aromatic N) is 7. The van der Waals surface area contributed by atoms with Crippen molar-refractivity contribution in [2.75, 3.05) is 22.1 Å². The van der Waals surface area contributed by atoms with Crippen molar-refractivity contribution in [3.63, 3.8) is 0 Å². The fourth-order valence-corrected chi connectivity index (χ4v) is 6.22. The molecule has 3 amide bonds. The molecular weight excluding hydrogens is 642 g/mol. The number of nitrogens with one attached hydrogen (secondary N) is 3. The average Bonchev–Trinajstić information content (AvgIpc) is 3.84. The van der Waals surface area contributed by atoms with E-state index in [0.29, 0.717) is 78.6 Å². The number of nitrogens with two attached hydrogens (primary N) is 1. The first-order valence-electron chi connectivity index (χ1n) is 16.4. The number of rotatable bonds is 13. The van der Waals surface area contributed by atoms with Crippen LogP contribution >= 0.6 is 0 Å². The minimum atomic E-state index is -1.05. The Bertz CT molecular complexity index is 2130. The lowest BCUT2D eigenvalue weighted by molar-refractivity contribution is 0.0696. The number of carboxylic acids is 1. The molecule has 50 heavy (non-hydrogen) atoms. The molecule has 0 radical (unpaired) electrons. The number of carbonyl (C=O) groups is 4. The van der Waals surface area contributed by atoms with Crippen molar-refractivity contribution in [2.24, 2.45) is 5.73 Å². The number of unbranched alkanes of at least 4 members (excludes halogenated alkanes) is 1. The number of fused-ring (bicyclic) bond motifs is 2. The molecule has 1 unspecified atom stereocenters. The number of benzene rings is 2. The highest BCUT2D eigenvalue weighted by atomic mass is 16.4. The van der Waals surface area contributed by atoms with Gasteiger partial charge in [-0.05, 0) is 89.1 Å². The van der Waals surface area contributed by atoms with Gasteiger partial charge in [-0.1, -0.05) is 0 Å². The summed E-state index contributed by atoms with van der Waals surface area (Å²) < 4.78 is 5.14. The van der Waals surface area contributed by atoms with Crippen molar-refractivity contribution >= 4 is 52.0 Å². The van der Waals surface area contributed by atoms with Gasteiger partial charge in [0.1, 0.15) is 11.4 Å². The summed E-state index contributed by atoms with van der Waals surface area (Å²) >= 11 is 0. The second-order valence-electron chi connectivity index (χ2n) is 12.0. The maximum absolute atomic E-state index is 13.4. The molecule has 6 rings (SSSR count). The van der Waals surface area contributed by atoms with Crippen molar-refractivity contribution in [1.82, 2.24) is 34.4 Å². The Morgan fingerprint density at radius 1 is 0.860 bits per heavy atom. The number of anilines is 3. The molecule has 0 bridgehead atoms. The number of amides is 3. The first kappa shape index (κ1) is 33.7. The van der Waals surface area contributed by atoms with Gasteiger partial charge in [-0.15, -0.1) is 0 Å². The fraction of sp³-hybridized carbons (Fsp3) is 0.324. The average molecular weight is 682 g/mol. The zero-order chi connectivity index (χ0) is 35.7. The molecule has 16 heteroatoms. The maximum atomic E-state index is 13.4. The van der Waals surface area contributed by atoms with Crippen LogP contribution in [0.25, 0.3) is 11.0 Å². The first-order chi connectivity index (χ1) is 24.0. The van der Waals surface area contributed by atoms with E-state index in [1.165, 1.54) is 6.07 Å². The smallest absolute Gasteiger partial charge is 0.335 e. The SMILES string of the molecule is CCn1nc(C)cc1C(=O)Nc1nc2cc(C(N)=O)ccc2n1CCCCN1c2ccc(C(=O)O)cc2NC1NC(=O)c1cc(C)nn1CC. The molecule has 2 aromatic carbocycles. The molecule has 5 aromatic rings. The van der Waals surface area contributed by atoms with Crippen LogP contribution < -0.4 is 26.6 Å². The molecule has 0 saturated carbocycles. The maximum Gasteiger partial charge on any atom is 0.335 e. The molecular formula is C34H39N11O5. The largest absolute Gasteiger partial charge is 0.478 e. The van der Waals surface area contributed by atoms with E-state index < -0.39 is 18.2 Å². The van der Waals surface area contributed by atoms with Gasteiger partial charge >= 0.3 is 5.97 Å². The molecule has 4 heterocycles. The van der Waals surface area contributed by atoms with Crippen molar-refractivity contribution < 1.29 is 24.3 Å². The van der Waals surface area contributed by atoms with Gasteiger partial charge in [0.05, 0.1) is 39.4 Å². The highest BCUT2D eigenvalue weighted by Crippen LogP contribution is 2.35. The van der Waals surface area contributed by atoms with E-state index in [4.69, 9.17) is 5.73 Å². The van der Waals surface area contributed by atoms with Gasteiger partial charge in [0.15, 0.2) is 6.29 Å². The summed E-state index contributed by atoms with van der Waals surface area (Å²) in [5.74, 6) is -2.00. The van der Waals surface area contributed by atoms with E-state index in [-0.39, 0.29) is 17.4 Å². The Labute approximate surface area is 287 Å². The second kappa shape index (κ2) is 13.7. The van der Waals surface area contributed by atoms with Crippen LogP contribution in [-0.4, -0.2) is 70.7 Å². The predicted molar refractivity (Wildman–Crippen MR) is 186 cm³/mol. The van der Waals surface area contributed by atoms with Gasteiger partial charge < -0.3 is 30.9 Å². The van der Waals surface area contributed by atoms with Crippen molar-refractivity contribution in [3.05, 3.63) is 82.4 Å². The minimum Gasteiger partial charge on any atom is -0.478 e. The van der Waals surface area contributed by atoms with Crippen LogP contribution in [0.5, 0.6) is 0 Å². The quantitative estimate of drug-likeness (QED) is 0.114. The minimum absolute atomic E-state index is 0.126. The number of aromatic carboxylic acids is 1. The Kier molecular flexibility index (Phi) is 9.26. The van der Waals surface area contributed by atoms with Crippen LogP contribution in [0.3, 0.4) is 0 Å². The number of primary amides is 1. The summed E-state index contributed by atoms with van der Waals surface area (Å²) in [5, 5.41) is 27.6. The summed E-state index contributed by atoms with van der Waals surface area (Å²) in [7, 11) is 0. The molecule has 0 spiro atoms. The fourth-order valence-electron chi connectivity index (χ4n) is 6.22. The number of aromatic nitrogens is 6. The first-order valence-corrected chi connectivity index (χ1v) is 16.4. The van der Waals surface area contributed by atoms with E-state index in [0.717, 1.165) is 17.1 Å². The number of carboxylic acid groups (broad SMARTS) is 1. The number of hydrogen-bond donors (Lipinski definition) is 5. The Balaban J connectivity index is 1.23. The van der Waals surface area contributed by atoms with E-state index in [2.05, 4.69) is 31.1 Å². The Morgan fingerprint density at radius 3 is 2.14 bits per heavy atom. The second-order valence-corrected chi connectivity index (χ2v) is 12.0. The third-order valence-electron chi connectivity index (χ3n) is 8.58. The summed E-state index contributed by atoms with van der Waals surface area (Å²) in [6, 6.07) is 13.2. The van der Waals surface area contributed by atoms with Crippen molar-refractivity contribution in [1.29, 1.82) is 0 Å². The lowest BCUT2D eigenvalue weighted by Gasteiger charge is -2.27. The molecule has 1 aliphatic rings. The lowest BCUT2D eigenvalue weighted by atomic mass is 10.1. The molecule has 1 atom stereocenters. The zero-order valence-corrected chi connectivity index (χ0v) is 28.2. The lowest BCUT2D eigenvalue weighted by Crippen LogP contribution is -2.50.